The lowest BCUT2D eigenvalue weighted by molar-refractivity contribution is 0.0600. The Morgan fingerprint density at radius 1 is 1.00 bits per heavy atom. The third-order valence-electron chi connectivity index (χ3n) is 4.34. The van der Waals surface area contributed by atoms with Gasteiger partial charge >= 0.3 is 12.1 Å². The number of nitrogens with one attached hydrogen (secondary N) is 1. The lowest BCUT2D eigenvalue weighted by atomic mass is 10.1. The predicted octanol–water partition coefficient (Wildman–Crippen LogP) is 3.65. The zero-order valence-electron chi connectivity index (χ0n) is 15.4. The SMILES string of the molecule is COC(=O)c1ccc(C#Cc2ccc(CNC(=O)OC3(C)CC3)cc2)cc1. The molecule has 5 nitrogen and oxygen atoms in total. The summed E-state index contributed by atoms with van der Waals surface area (Å²) in [5.41, 5.74) is 2.88. The number of benzene rings is 2. The standard InChI is InChI=1S/C22H21NO4/c1-22(13-14-22)27-21(25)23-15-18-7-5-16(6-8-18)3-4-17-9-11-19(12-10-17)20(24)26-2/h5-12H,13-15H2,1-2H3,(H,23,25). The highest BCUT2D eigenvalue weighted by molar-refractivity contribution is 5.89. The van der Waals surface area contributed by atoms with Crippen LogP contribution in [0.5, 0.6) is 0 Å². The first kappa shape index (κ1) is 18.5. The molecule has 0 heterocycles. The molecule has 0 unspecified atom stereocenters. The fourth-order valence-corrected chi connectivity index (χ4v) is 2.37. The van der Waals surface area contributed by atoms with Crippen LogP contribution in [-0.2, 0) is 16.0 Å². The number of hydrogen-bond acceptors (Lipinski definition) is 4. The Balaban J connectivity index is 1.54. The number of carbonyl (C=O) groups excluding carboxylic acids is 2. The van der Waals surface area contributed by atoms with E-state index in [2.05, 4.69) is 21.9 Å². The highest BCUT2D eigenvalue weighted by Gasteiger charge is 2.41. The minimum Gasteiger partial charge on any atom is -0.465 e. The fourth-order valence-electron chi connectivity index (χ4n) is 2.37. The van der Waals surface area contributed by atoms with Gasteiger partial charge in [-0.25, -0.2) is 9.59 Å². The van der Waals surface area contributed by atoms with Crippen molar-refractivity contribution in [1.82, 2.24) is 5.32 Å². The summed E-state index contributed by atoms with van der Waals surface area (Å²) in [7, 11) is 1.35. The van der Waals surface area contributed by atoms with E-state index in [1.54, 1.807) is 24.3 Å². The molecule has 0 spiro atoms. The lowest BCUT2D eigenvalue weighted by Gasteiger charge is -2.11. The predicted molar refractivity (Wildman–Crippen MR) is 101 cm³/mol. The maximum Gasteiger partial charge on any atom is 0.407 e. The summed E-state index contributed by atoms with van der Waals surface area (Å²) in [6, 6.07) is 14.6. The molecular weight excluding hydrogens is 342 g/mol. The molecule has 1 amide bonds. The normalized spacial score (nSPS) is 13.7. The molecule has 5 heteroatoms. The van der Waals surface area contributed by atoms with Gasteiger partial charge in [-0.3, -0.25) is 0 Å². The Bertz CT molecular complexity index is 885. The van der Waals surface area contributed by atoms with Crippen molar-refractivity contribution in [3.05, 3.63) is 70.8 Å². The molecule has 0 radical (unpaired) electrons. The molecule has 0 aromatic heterocycles. The van der Waals surface area contributed by atoms with Crippen LogP contribution in [0.1, 0.15) is 46.8 Å². The molecular formula is C22H21NO4. The van der Waals surface area contributed by atoms with Crippen molar-refractivity contribution >= 4 is 12.1 Å². The van der Waals surface area contributed by atoms with Gasteiger partial charge in [0.05, 0.1) is 12.7 Å². The molecule has 2 aromatic carbocycles. The zero-order chi connectivity index (χ0) is 19.3. The summed E-state index contributed by atoms with van der Waals surface area (Å²) < 4.78 is 9.98. The molecule has 1 N–H and O–H groups in total. The molecule has 1 saturated carbocycles. The lowest BCUT2D eigenvalue weighted by Crippen LogP contribution is -2.28. The third-order valence-corrected chi connectivity index (χ3v) is 4.34. The monoisotopic (exact) mass is 363 g/mol. The second-order valence-corrected chi connectivity index (χ2v) is 6.71. The number of methoxy groups -OCH3 is 1. The van der Waals surface area contributed by atoms with Crippen molar-refractivity contribution in [2.45, 2.75) is 31.9 Å². The molecule has 3 rings (SSSR count). The Morgan fingerprint density at radius 2 is 1.56 bits per heavy atom. The van der Waals surface area contributed by atoms with E-state index in [-0.39, 0.29) is 17.7 Å². The van der Waals surface area contributed by atoms with Gasteiger partial charge in [0.2, 0.25) is 0 Å². The minimum atomic E-state index is -0.380. The van der Waals surface area contributed by atoms with Gasteiger partial charge in [-0.1, -0.05) is 24.0 Å². The van der Waals surface area contributed by atoms with Crippen LogP contribution < -0.4 is 5.32 Å². The summed E-state index contributed by atoms with van der Waals surface area (Å²) in [6.07, 6.45) is 1.48. The Morgan fingerprint density at radius 3 is 2.07 bits per heavy atom. The molecule has 0 saturated heterocycles. The van der Waals surface area contributed by atoms with E-state index < -0.39 is 0 Å². The summed E-state index contributed by atoms with van der Waals surface area (Å²) in [5.74, 6) is 5.77. The Kier molecular flexibility index (Phi) is 5.46. The first-order chi connectivity index (χ1) is 13.0. The first-order valence-electron chi connectivity index (χ1n) is 8.74. The smallest absolute Gasteiger partial charge is 0.407 e. The van der Waals surface area contributed by atoms with Crippen molar-refractivity contribution in [3.8, 4) is 11.8 Å². The van der Waals surface area contributed by atoms with Gasteiger partial charge in [0.15, 0.2) is 0 Å². The highest BCUT2D eigenvalue weighted by Crippen LogP contribution is 2.38. The molecule has 0 bridgehead atoms. The van der Waals surface area contributed by atoms with Crippen LogP contribution in [0.4, 0.5) is 4.79 Å². The van der Waals surface area contributed by atoms with Crippen molar-refractivity contribution in [1.29, 1.82) is 0 Å². The van der Waals surface area contributed by atoms with Gasteiger partial charge in [0, 0.05) is 17.7 Å². The number of esters is 1. The van der Waals surface area contributed by atoms with Crippen LogP contribution in [0.3, 0.4) is 0 Å². The van der Waals surface area contributed by atoms with E-state index in [0.29, 0.717) is 12.1 Å². The van der Waals surface area contributed by atoms with E-state index in [1.807, 2.05) is 31.2 Å². The summed E-state index contributed by atoms with van der Waals surface area (Å²) in [5, 5.41) is 2.76. The van der Waals surface area contributed by atoms with Gasteiger partial charge in [0.1, 0.15) is 5.60 Å². The molecule has 138 valence electrons. The number of hydrogen-bond donors (Lipinski definition) is 1. The molecule has 2 aromatic rings. The van der Waals surface area contributed by atoms with Crippen LogP contribution in [0.15, 0.2) is 48.5 Å². The van der Waals surface area contributed by atoms with Crippen LogP contribution in [-0.4, -0.2) is 24.8 Å². The van der Waals surface area contributed by atoms with Crippen molar-refractivity contribution in [2.75, 3.05) is 7.11 Å². The van der Waals surface area contributed by atoms with Gasteiger partial charge in [-0.05, 0) is 61.7 Å². The summed E-state index contributed by atoms with van der Waals surface area (Å²) in [6.45, 7) is 2.35. The van der Waals surface area contributed by atoms with Gasteiger partial charge in [-0.15, -0.1) is 0 Å². The highest BCUT2D eigenvalue weighted by atomic mass is 16.6. The second-order valence-electron chi connectivity index (χ2n) is 6.71. The summed E-state index contributed by atoms with van der Waals surface area (Å²) >= 11 is 0. The number of carbonyl (C=O) groups is 2. The second kappa shape index (κ2) is 7.96. The average molecular weight is 363 g/mol. The number of alkyl carbamates (subject to hydrolysis) is 1. The zero-order valence-corrected chi connectivity index (χ0v) is 15.4. The van der Waals surface area contributed by atoms with Gasteiger partial charge < -0.3 is 14.8 Å². The van der Waals surface area contributed by atoms with Crippen LogP contribution in [0, 0.1) is 11.8 Å². The maximum atomic E-state index is 11.7. The van der Waals surface area contributed by atoms with Crippen LogP contribution in [0.2, 0.25) is 0 Å². The number of rotatable bonds is 4. The Hall–Kier alpha value is -3.26. The van der Waals surface area contributed by atoms with Crippen LogP contribution in [0.25, 0.3) is 0 Å². The van der Waals surface area contributed by atoms with E-state index in [9.17, 15) is 9.59 Å². The van der Waals surface area contributed by atoms with E-state index in [1.165, 1.54) is 7.11 Å². The molecule has 27 heavy (non-hydrogen) atoms. The topological polar surface area (TPSA) is 64.6 Å². The molecule has 1 fully saturated rings. The minimum absolute atomic E-state index is 0.265. The van der Waals surface area contributed by atoms with E-state index in [0.717, 1.165) is 29.5 Å². The van der Waals surface area contributed by atoms with Gasteiger partial charge in [0.25, 0.3) is 0 Å². The molecule has 0 aliphatic heterocycles. The molecule has 0 atom stereocenters. The van der Waals surface area contributed by atoms with Crippen molar-refractivity contribution in [3.63, 3.8) is 0 Å². The maximum absolute atomic E-state index is 11.7. The average Bonchev–Trinajstić information content (AvgIpc) is 3.41. The first-order valence-corrected chi connectivity index (χ1v) is 8.74. The number of ether oxygens (including phenoxy) is 2. The van der Waals surface area contributed by atoms with E-state index >= 15 is 0 Å². The summed E-state index contributed by atoms with van der Waals surface area (Å²) in [4.78, 5) is 23.1. The number of amides is 1. The van der Waals surface area contributed by atoms with Gasteiger partial charge in [-0.2, -0.15) is 0 Å². The van der Waals surface area contributed by atoms with Crippen molar-refractivity contribution < 1.29 is 19.1 Å². The quantitative estimate of drug-likeness (QED) is 0.665. The molecule has 1 aliphatic rings. The van der Waals surface area contributed by atoms with Crippen LogP contribution >= 0.6 is 0 Å². The molecule has 1 aliphatic carbocycles. The van der Waals surface area contributed by atoms with E-state index in [4.69, 9.17) is 4.74 Å². The third kappa shape index (κ3) is 5.35. The Labute approximate surface area is 158 Å². The largest absolute Gasteiger partial charge is 0.465 e. The fraction of sp³-hybridized carbons (Fsp3) is 0.273. The van der Waals surface area contributed by atoms with Crippen molar-refractivity contribution in [2.24, 2.45) is 0 Å².